The Morgan fingerprint density at radius 1 is 1.25 bits per heavy atom. The van der Waals surface area contributed by atoms with Crippen molar-refractivity contribution < 1.29 is 0 Å². The van der Waals surface area contributed by atoms with Gasteiger partial charge < -0.3 is 0 Å². The molecule has 2 spiro atoms. The summed E-state index contributed by atoms with van der Waals surface area (Å²) in [6, 6.07) is 0. The molecular formula is C4H10N6Si2. The van der Waals surface area contributed by atoms with Crippen LogP contribution in [-0.2, 0) is 0 Å². The first-order valence-corrected chi connectivity index (χ1v) is 6.91. The Bertz CT molecular complexity index is 168. The third-order valence-corrected chi connectivity index (χ3v) is 5.67. The molecule has 8 heteroatoms. The van der Waals surface area contributed by atoms with E-state index in [1.54, 1.807) is 0 Å². The van der Waals surface area contributed by atoms with E-state index in [9.17, 15) is 0 Å². The summed E-state index contributed by atoms with van der Waals surface area (Å²) >= 11 is 0. The van der Waals surface area contributed by atoms with Gasteiger partial charge in [0, 0.05) is 13.0 Å². The molecule has 2 atom stereocenters. The van der Waals surface area contributed by atoms with Crippen molar-refractivity contribution in [3.8, 4) is 0 Å². The van der Waals surface area contributed by atoms with Crippen molar-refractivity contribution in [3.05, 3.63) is 0 Å². The molecule has 0 aromatic rings. The Balaban J connectivity index is 1.69. The van der Waals surface area contributed by atoms with E-state index < -0.39 is 0 Å². The molecule has 64 valence electrons. The lowest BCUT2D eigenvalue weighted by Crippen LogP contribution is -2.83. The van der Waals surface area contributed by atoms with Crippen LogP contribution in [0.5, 0.6) is 0 Å². The number of hydrazine groups is 3. The van der Waals surface area contributed by atoms with Crippen molar-refractivity contribution >= 4 is 18.2 Å². The molecule has 0 aromatic carbocycles. The zero-order valence-electron chi connectivity index (χ0n) is 6.41. The second-order valence-corrected chi connectivity index (χ2v) is 6.50. The summed E-state index contributed by atoms with van der Waals surface area (Å²) in [7, 11) is 1.79. The normalized spacial score (nSPS) is 52.0. The van der Waals surface area contributed by atoms with E-state index in [0.29, 0.717) is 0 Å². The summed E-state index contributed by atoms with van der Waals surface area (Å²) in [6.07, 6.45) is 1.12. The van der Waals surface area contributed by atoms with Crippen LogP contribution in [0.2, 0.25) is 0 Å². The molecule has 0 amide bonds. The lowest BCUT2D eigenvalue weighted by atomic mass is 9.95. The van der Waals surface area contributed by atoms with Gasteiger partial charge >= 0.3 is 0 Å². The fourth-order valence-corrected chi connectivity index (χ4v) is 5.04. The van der Waals surface area contributed by atoms with Crippen LogP contribution in [0.15, 0.2) is 0 Å². The van der Waals surface area contributed by atoms with Crippen LogP contribution in [0, 0.1) is 0 Å². The highest BCUT2D eigenvalue weighted by Gasteiger charge is 2.56. The largest absolute Gasteiger partial charge is 0.284 e. The van der Waals surface area contributed by atoms with Crippen LogP contribution >= 0.6 is 0 Å². The van der Waals surface area contributed by atoms with E-state index in [2.05, 4.69) is 32.2 Å². The minimum Gasteiger partial charge on any atom is -0.284 e. The number of nitrogens with one attached hydrogen (secondary N) is 6. The molecule has 3 aliphatic heterocycles. The maximum absolute atomic E-state index is 3.54. The molecule has 6 N–H and O–H groups in total. The van der Waals surface area contributed by atoms with Crippen LogP contribution in [0.25, 0.3) is 0 Å². The molecule has 0 saturated carbocycles. The van der Waals surface area contributed by atoms with Gasteiger partial charge in [-0.3, -0.25) is 10.4 Å². The predicted molar refractivity (Wildman–Crippen MR) is 45.3 cm³/mol. The van der Waals surface area contributed by atoms with Gasteiger partial charge in [0.1, 0.15) is 14.9 Å². The quantitative estimate of drug-likeness (QED) is 0.225. The Hall–Kier alpha value is 0.194. The number of hydrogen-bond acceptors (Lipinski definition) is 6. The zero-order valence-corrected chi connectivity index (χ0v) is 8.41. The molecule has 12 heavy (non-hydrogen) atoms. The molecule has 0 aromatic heterocycles. The Kier molecular flexibility index (Phi) is 1.49. The van der Waals surface area contributed by atoms with E-state index >= 15 is 0 Å². The second kappa shape index (κ2) is 2.36. The second-order valence-electron chi connectivity index (χ2n) is 3.39. The van der Waals surface area contributed by atoms with Crippen molar-refractivity contribution in [2.75, 3.05) is 6.54 Å². The van der Waals surface area contributed by atoms with Gasteiger partial charge in [0.15, 0.2) is 0 Å². The van der Waals surface area contributed by atoms with Crippen LogP contribution in [0.3, 0.4) is 0 Å². The van der Waals surface area contributed by atoms with Crippen LogP contribution in [-0.4, -0.2) is 35.7 Å². The first-order chi connectivity index (χ1) is 5.83. The van der Waals surface area contributed by atoms with E-state index in [1.165, 1.54) is 0 Å². The highest BCUT2D eigenvalue weighted by molar-refractivity contribution is 7.02. The monoisotopic (exact) mass is 198 g/mol. The minimum absolute atomic E-state index is 0.0799. The Morgan fingerprint density at radius 2 is 2.17 bits per heavy atom. The summed E-state index contributed by atoms with van der Waals surface area (Å²) in [5.74, 6) is 0. The molecule has 3 heterocycles. The fraction of sp³-hybridized carbons (Fsp3) is 1.00. The maximum Gasteiger partial charge on any atom is 0.142 e. The average Bonchev–Trinajstić information content (AvgIpc) is 2.58. The smallest absolute Gasteiger partial charge is 0.142 e. The maximum atomic E-state index is 3.54. The van der Waals surface area contributed by atoms with Gasteiger partial charge in [-0.25, -0.2) is 16.3 Å². The Morgan fingerprint density at radius 3 is 2.75 bits per heavy atom. The molecule has 4 radical (unpaired) electrons. The molecule has 0 aliphatic carbocycles. The lowest BCUT2D eigenvalue weighted by Gasteiger charge is -2.53. The SMILES string of the molecule is C1NNNC12CC1(NN[Si][Si]1)N2. The van der Waals surface area contributed by atoms with Crippen LogP contribution in [0.4, 0.5) is 0 Å². The van der Waals surface area contributed by atoms with Gasteiger partial charge in [0.2, 0.25) is 0 Å². The van der Waals surface area contributed by atoms with Gasteiger partial charge in [0.25, 0.3) is 0 Å². The van der Waals surface area contributed by atoms with Crippen molar-refractivity contribution in [2.45, 2.75) is 17.4 Å². The van der Waals surface area contributed by atoms with E-state index in [4.69, 9.17) is 0 Å². The van der Waals surface area contributed by atoms with E-state index in [1.807, 2.05) is 0 Å². The van der Waals surface area contributed by atoms with E-state index in [-0.39, 0.29) is 10.9 Å². The van der Waals surface area contributed by atoms with Crippen LogP contribution < -0.4 is 32.2 Å². The van der Waals surface area contributed by atoms with Crippen molar-refractivity contribution in [1.82, 2.24) is 32.2 Å². The molecule has 3 saturated heterocycles. The van der Waals surface area contributed by atoms with Crippen molar-refractivity contribution in [1.29, 1.82) is 0 Å². The number of hydrogen-bond donors (Lipinski definition) is 6. The summed E-state index contributed by atoms with van der Waals surface area (Å²) < 4.78 is 0. The van der Waals surface area contributed by atoms with E-state index in [0.717, 1.165) is 31.2 Å². The zero-order chi connectivity index (χ0) is 8.07. The average molecular weight is 198 g/mol. The summed E-state index contributed by atoms with van der Waals surface area (Å²) in [4.78, 5) is 0. The third kappa shape index (κ3) is 0.945. The van der Waals surface area contributed by atoms with Gasteiger partial charge in [-0.1, -0.05) is 0 Å². The Labute approximate surface area is 75.0 Å². The first kappa shape index (κ1) is 7.58. The topological polar surface area (TPSA) is 72.2 Å². The standard InChI is InChI=1S/C4H10N6Si2/c1-3(2-5-9-7-3)6-4(1)8-10-12-11-4/h5-10H,1-2H2. The molecule has 0 bridgehead atoms. The summed E-state index contributed by atoms with van der Waals surface area (Å²) in [5, 5.41) is 6.90. The minimum atomic E-state index is 0.0799. The highest BCUT2D eigenvalue weighted by Crippen LogP contribution is 2.29. The first-order valence-electron chi connectivity index (χ1n) is 3.91. The van der Waals surface area contributed by atoms with Gasteiger partial charge in [-0.2, -0.15) is 5.53 Å². The molecule has 3 aliphatic rings. The highest BCUT2D eigenvalue weighted by atomic mass is 29.1. The summed E-state index contributed by atoms with van der Waals surface area (Å²) in [6.45, 7) is 0.935. The predicted octanol–water partition coefficient (Wildman–Crippen LogP) is -3.71. The van der Waals surface area contributed by atoms with Gasteiger partial charge in [0.05, 0.1) is 14.3 Å². The lowest BCUT2D eigenvalue weighted by molar-refractivity contribution is 0.0670. The summed E-state index contributed by atoms with van der Waals surface area (Å²) in [5.41, 5.74) is 12.5. The molecule has 6 nitrogen and oxygen atoms in total. The number of rotatable bonds is 0. The van der Waals surface area contributed by atoms with Crippen LogP contribution in [0.1, 0.15) is 6.42 Å². The molecular weight excluding hydrogens is 188 g/mol. The van der Waals surface area contributed by atoms with Crippen molar-refractivity contribution in [2.24, 2.45) is 0 Å². The molecule has 3 fully saturated rings. The van der Waals surface area contributed by atoms with Gasteiger partial charge in [-0.05, 0) is 0 Å². The van der Waals surface area contributed by atoms with Gasteiger partial charge in [-0.15, -0.1) is 0 Å². The molecule has 2 unspecified atom stereocenters. The third-order valence-electron chi connectivity index (χ3n) is 2.41. The van der Waals surface area contributed by atoms with Crippen molar-refractivity contribution in [3.63, 3.8) is 0 Å². The molecule has 3 rings (SSSR count). The fourth-order valence-electron chi connectivity index (χ4n) is 1.89.